The van der Waals surface area contributed by atoms with E-state index in [-0.39, 0.29) is 28.9 Å². The summed E-state index contributed by atoms with van der Waals surface area (Å²) in [7, 11) is -3.44. The summed E-state index contributed by atoms with van der Waals surface area (Å²) in [4.78, 5) is 14.7. The number of carbonyl (C=O) groups excluding carboxylic acids is 1. The van der Waals surface area contributed by atoms with E-state index in [1.165, 1.54) is 18.9 Å². The fourth-order valence-electron chi connectivity index (χ4n) is 3.81. The van der Waals surface area contributed by atoms with Gasteiger partial charge in [0.2, 0.25) is 0 Å². The second-order valence-electron chi connectivity index (χ2n) is 8.09. The maximum absolute atomic E-state index is 12.4. The van der Waals surface area contributed by atoms with Gasteiger partial charge in [0.1, 0.15) is 11.5 Å². The molecule has 164 valence electrons. The molecule has 0 aliphatic carbocycles. The molecule has 1 atom stereocenters. The van der Waals surface area contributed by atoms with Gasteiger partial charge in [-0.3, -0.25) is 4.79 Å². The van der Waals surface area contributed by atoms with Crippen LogP contribution >= 0.6 is 11.6 Å². The minimum Gasteiger partial charge on any atom is -0.455 e. The molecule has 1 fully saturated rings. The fraction of sp³-hybridized carbons (Fsp3) is 0.500. The van der Waals surface area contributed by atoms with Crippen LogP contribution in [-0.4, -0.2) is 45.4 Å². The lowest BCUT2D eigenvalue weighted by Crippen LogP contribution is -2.36. The maximum Gasteiger partial charge on any atom is 0.286 e. The first-order valence-corrected chi connectivity index (χ1v) is 12.5. The van der Waals surface area contributed by atoms with E-state index in [1.807, 2.05) is 0 Å². The molecule has 1 saturated heterocycles. The lowest BCUT2D eigenvalue weighted by atomic mass is 10.0. The SMILES string of the molecule is C[C@@H]1CCCN(CCCNC(=O)c2ccc(CS(=O)(=O)Cc3cccc(Cl)c3)o2)C1. The molecule has 1 amide bonds. The molecule has 2 aromatic rings. The first-order chi connectivity index (χ1) is 14.3. The van der Waals surface area contributed by atoms with E-state index in [9.17, 15) is 13.2 Å². The van der Waals surface area contributed by atoms with Crippen LogP contribution in [0.15, 0.2) is 40.8 Å². The third-order valence-electron chi connectivity index (χ3n) is 5.20. The molecule has 3 rings (SSSR count). The number of likely N-dealkylation sites (tertiary alicyclic amines) is 1. The summed E-state index contributed by atoms with van der Waals surface area (Å²) < 4.78 is 30.3. The molecular formula is C22H29ClN2O4S. The number of furan rings is 1. The largest absolute Gasteiger partial charge is 0.455 e. The predicted molar refractivity (Wildman–Crippen MR) is 118 cm³/mol. The summed E-state index contributed by atoms with van der Waals surface area (Å²) in [5.41, 5.74) is 0.620. The van der Waals surface area contributed by atoms with Crippen molar-refractivity contribution in [2.75, 3.05) is 26.2 Å². The van der Waals surface area contributed by atoms with Gasteiger partial charge in [0.05, 0.1) is 5.75 Å². The second-order valence-corrected chi connectivity index (χ2v) is 10.6. The van der Waals surface area contributed by atoms with Crippen molar-refractivity contribution in [2.24, 2.45) is 5.92 Å². The highest BCUT2D eigenvalue weighted by atomic mass is 35.5. The highest BCUT2D eigenvalue weighted by Gasteiger charge is 2.19. The number of sulfone groups is 1. The van der Waals surface area contributed by atoms with E-state index in [0.717, 1.165) is 32.0 Å². The van der Waals surface area contributed by atoms with Crippen LogP contribution in [0.4, 0.5) is 0 Å². The Bertz CT molecular complexity index is 958. The average Bonchev–Trinajstić information content (AvgIpc) is 3.12. The number of nitrogens with zero attached hydrogens (tertiary/aromatic N) is 1. The topological polar surface area (TPSA) is 79.6 Å². The van der Waals surface area contributed by atoms with Gasteiger partial charge in [-0.1, -0.05) is 30.7 Å². The summed E-state index contributed by atoms with van der Waals surface area (Å²) in [6.45, 7) is 6.06. The molecule has 0 spiro atoms. The van der Waals surface area contributed by atoms with Crippen LogP contribution in [0.3, 0.4) is 0 Å². The highest BCUT2D eigenvalue weighted by molar-refractivity contribution is 7.89. The molecule has 0 radical (unpaired) electrons. The second kappa shape index (κ2) is 10.5. The minimum absolute atomic E-state index is 0.134. The average molecular weight is 453 g/mol. The molecule has 1 aromatic heterocycles. The minimum atomic E-state index is -3.44. The zero-order valence-corrected chi connectivity index (χ0v) is 18.8. The van der Waals surface area contributed by atoms with E-state index in [1.54, 1.807) is 30.3 Å². The third-order valence-corrected chi connectivity index (χ3v) is 6.93. The number of benzene rings is 1. The Morgan fingerprint density at radius 1 is 1.27 bits per heavy atom. The Balaban J connectivity index is 1.45. The van der Waals surface area contributed by atoms with Crippen LogP contribution in [0.1, 0.15) is 48.1 Å². The van der Waals surface area contributed by atoms with Crippen LogP contribution < -0.4 is 5.32 Å². The van der Waals surface area contributed by atoms with Gasteiger partial charge in [-0.2, -0.15) is 0 Å². The van der Waals surface area contributed by atoms with E-state index in [0.29, 0.717) is 17.1 Å². The molecule has 0 unspecified atom stereocenters. The van der Waals surface area contributed by atoms with Crippen molar-refractivity contribution in [2.45, 2.75) is 37.7 Å². The third kappa shape index (κ3) is 7.15. The fourth-order valence-corrected chi connectivity index (χ4v) is 5.40. The number of hydrogen-bond donors (Lipinski definition) is 1. The first kappa shape index (κ1) is 22.8. The summed E-state index contributed by atoms with van der Waals surface area (Å²) in [5.74, 6) is 0.412. The van der Waals surface area contributed by atoms with Gasteiger partial charge in [0.25, 0.3) is 5.91 Å². The molecule has 2 heterocycles. The zero-order chi connectivity index (χ0) is 21.6. The van der Waals surface area contributed by atoms with Crippen molar-refractivity contribution in [3.63, 3.8) is 0 Å². The van der Waals surface area contributed by atoms with Gasteiger partial charge in [0.15, 0.2) is 15.6 Å². The molecular weight excluding hydrogens is 424 g/mol. The van der Waals surface area contributed by atoms with Gasteiger partial charge < -0.3 is 14.6 Å². The summed E-state index contributed by atoms with van der Waals surface area (Å²) >= 11 is 5.91. The normalized spacial score (nSPS) is 17.7. The molecule has 1 aliphatic rings. The van der Waals surface area contributed by atoms with E-state index < -0.39 is 9.84 Å². The Labute approximate surface area is 183 Å². The standard InChI is InChI=1S/C22H29ClN2O4S/c1-17-5-3-11-25(14-17)12-4-10-24-22(26)21-9-8-20(29-21)16-30(27,28)15-18-6-2-7-19(23)13-18/h2,6-9,13,17H,3-5,10-12,14-16H2,1H3,(H,24,26)/t17-/m1/s1. The molecule has 1 aromatic carbocycles. The number of amides is 1. The Morgan fingerprint density at radius 3 is 2.87 bits per heavy atom. The molecule has 0 saturated carbocycles. The molecule has 1 N–H and O–H groups in total. The van der Waals surface area contributed by atoms with Crippen molar-refractivity contribution in [3.8, 4) is 0 Å². The van der Waals surface area contributed by atoms with Gasteiger partial charge in [-0.15, -0.1) is 0 Å². The van der Waals surface area contributed by atoms with Gasteiger partial charge in [0, 0.05) is 18.1 Å². The quantitative estimate of drug-likeness (QED) is 0.583. The van der Waals surface area contributed by atoms with Crippen LogP contribution in [0.2, 0.25) is 5.02 Å². The van der Waals surface area contributed by atoms with Crippen molar-refractivity contribution in [3.05, 3.63) is 58.5 Å². The van der Waals surface area contributed by atoms with Crippen LogP contribution in [0.25, 0.3) is 0 Å². The van der Waals surface area contributed by atoms with Crippen LogP contribution in [0.5, 0.6) is 0 Å². The number of hydrogen-bond acceptors (Lipinski definition) is 5. The summed E-state index contributed by atoms with van der Waals surface area (Å²) in [5, 5.41) is 3.34. The lowest BCUT2D eigenvalue weighted by Gasteiger charge is -2.30. The van der Waals surface area contributed by atoms with Crippen molar-refractivity contribution in [1.29, 1.82) is 0 Å². The van der Waals surface area contributed by atoms with Crippen molar-refractivity contribution in [1.82, 2.24) is 10.2 Å². The highest BCUT2D eigenvalue weighted by Crippen LogP contribution is 2.18. The van der Waals surface area contributed by atoms with E-state index in [2.05, 4.69) is 17.1 Å². The van der Waals surface area contributed by atoms with Crippen molar-refractivity contribution >= 4 is 27.3 Å². The summed E-state index contributed by atoms with van der Waals surface area (Å²) in [6, 6.07) is 9.82. The maximum atomic E-state index is 12.4. The Kier molecular flexibility index (Phi) is 7.97. The van der Waals surface area contributed by atoms with Gasteiger partial charge >= 0.3 is 0 Å². The van der Waals surface area contributed by atoms with Crippen molar-refractivity contribution < 1.29 is 17.6 Å². The van der Waals surface area contributed by atoms with Gasteiger partial charge in [-0.05, 0) is 68.1 Å². The van der Waals surface area contributed by atoms with Gasteiger partial charge in [-0.25, -0.2) is 8.42 Å². The van der Waals surface area contributed by atoms with Crippen LogP contribution in [0, 0.1) is 5.92 Å². The number of rotatable bonds is 9. The molecule has 0 bridgehead atoms. The zero-order valence-electron chi connectivity index (χ0n) is 17.3. The number of nitrogens with one attached hydrogen (secondary N) is 1. The summed E-state index contributed by atoms with van der Waals surface area (Å²) in [6.07, 6.45) is 3.41. The van der Waals surface area contributed by atoms with Crippen LogP contribution in [-0.2, 0) is 21.3 Å². The molecule has 6 nitrogen and oxygen atoms in total. The lowest BCUT2D eigenvalue weighted by molar-refractivity contribution is 0.0921. The molecule has 30 heavy (non-hydrogen) atoms. The number of halogens is 1. The predicted octanol–water partition coefficient (Wildman–Crippen LogP) is 3.90. The van der Waals surface area contributed by atoms with E-state index >= 15 is 0 Å². The monoisotopic (exact) mass is 452 g/mol. The smallest absolute Gasteiger partial charge is 0.286 e. The Hall–Kier alpha value is -1.83. The number of carbonyl (C=O) groups is 1. The van der Waals surface area contributed by atoms with E-state index in [4.69, 9.17) is 16.0 Å². The molecule has 1 aliphatic heterocycles. The Morgan fingerprint density at radius 2 is 2.10 bits per heavy atom. The number of piperidine rings is 1. The molecule has 8 heteroatoms. The first-order valence-electron chi connectivity index (χ1n) is 10.3.